The van der Waals surface area contributed by atoms with Gasteiger partial charge in [-0.25, -0.2) is 0 Å². The van der Waals surface area contributed by atoms with Crippen LogP contribution in [0.3, 0.4) is 0 Å². The summed E-state index contributed by atoms with van der Waals surface area (Å²) in [5.41, 5.74) is 5.30. The lowest BCUT2D eigenvalue weighted by Crippen LogP contribution is -2.51. The highest BCUT2D eigenvalue weighted by Gasteiger charge is 2.31. The minimum Gasteiger partial charge on any atom is -0.370 e. The maximum absolute atomic E-state index is 5.84. The first kappa shape index (κ1) is 12.5. The fourth-order valence-corrected chi connectivity index (χ4v) is 2.34. The predicted molar refractivity (Wildman–Crippen MR) is 62.1 cm³/mol. The molecule has 6 nitrogen and oxygen atoms in total. The van der Waals surface area contributed by atoms with Gasteiger partial charge in [0.1, 0.15) is 0 Å². The van der Waals surface area contributed by atoms with E-state index in [4.69, 9.17) is 15.0 Å². The summed E-state index contributed by atoms with van der Waals surface area (Å²) < 4.78 is 10.8. The molecule has 1 aliphatic heterocycles. The molecular weight excluding hydrogens is 220 g/mol. The number of hydrogen-bond acceptors (Lipinski definition) is 6. The van der Waals surface area contributed by atoms with Gasteiger partial charge < -0.3 is 15.0 Å². The van der Waals surface area contributed by atoms with Crippen molar-refractivity contribution in [1.82, 2.24) is 15.0 Å². The van der Waals surface area contributed by atoms with E-state index >= 15 is 0 Å². The van der Waals surface area contributed by atoms with Crippen LogP contribution in [0.5, 0.6) is 0 Å². The average Bonchev–Trinajstić information content (AvgIpc) is 2.62. The van der Waals surface area contributed by atoms with Crippen LogP contribution in [0.4, 0.5) is 0 Å². The fourth-order valence-electron chi connectivity index (χ4n) is 2.34. The van der Waals surface area contributed by atoms with Gasteiger partial charge >= 0.3 is 0 Å². The van der Waals surface area contributed by atoms with Gasteiger partial charge in [-0.15, -0.1) is 0 Å². The lowest BCUT2D eigenvalue weighted by Gasteiger charge is -2.41. The predicted octanol–water partition coefficient (Wildman–Crippen LogP) is 0.528. The largest absolute Gasteiger partial charge is 0.370 e. The van der Waals surface area contributed by atoms with Gasteiger partial charge in [0.15, 0.2) is 5.82 Å². The molecule has 0 spiro atoms. The van der Waals surface area contributed by atoms with Crippen molar-refractivity contribution in [1.29, 1.82) is 0 Å². The first-order valence-corrected chi connectivity index (χ1v) is 5.90. The number of rotatable bonds is 3. The average molecular weight is 240 g/mol. The van der Waals surface area contributed by atoms with Crippen molar-refractivity contribution < 1.29 is 9.26 Å². The Labute approximate surface area is 101 Å². The highest BCUT2D eigenvalue weighted by molar-refractivity contribution is 4.89. The lowest BCUT2D eigenvalue weighted by molar-refractivity contribution is -0.131. The van der Waals surface area contributed by atoms with Gasteiger partial charge in [-0.3, -0.25) is 4.90 Å². The molecule has 17 heavy (non-hydrogen) atoms. The summed E-state index contributed by atoms with van der Waals surface area (Å²) in [7, 11) is 0. The third-order valence-corrected chi connectivity index (χ3v) is 2.69. The first-order chi connectivity index (χ1) is 7.98. The Balaban J connectivity index is 1.98. The molecule has 2 N–H and O–H groups in total. The van der Waals surface area contributed by atoms with Gasteiger partial charge in [-0.05, 0) is 20.8 Å². The Bertz CT molecular complexity index is 377. The van der Waals surface area contributed by atoms with Crippen molar-refractivity contribution >= 4 is 0 Å². The van der Waals surface area contributed by atoms with Crippen LogP contribution in [0.1, 0.15) is 32.5 Å². The van der Waals surface area contributed by atoms with E-state index in [0.29, 0.717) is 18.3 Å². The third-order valence-electron chi connectivity index (χ3n) is 2.69. The SMILES string of the molecule is CC1CN(Cc2noc(CN)n2)CC(C)(C)O1. The van der Waals surface area contributed by atoms with E-state index in [1.165, 1.54) is 0 Å². The zero-order chi connectivity index (χ0) is 12.5. The number of hydrogen-bond donors (Lipinski definition) is 1. The van der Waals surface area contributed by atoms with Crippen molar-refractivity contribution in [2.75, 3.05) is 13.1 Å². The molecule has 2 heterocycles. The van der Waals surface area contributed by atoms with Crippen molar-refractivity contribution in [3.8, 4) is 0 Å². The molecule has 0 aromatic carbocycles. The van der Waals surface area contributed by atoms with Crippen LogP contribution in [0.2, 0.25) is 0 Å². The Morgan fingerprint density at radius 3 is 2.88 bits per heavy atom. The summed E-state index contributed by atoms with van der Waals surface area (Å²) in [6, 6.07) is 0. The van der Waals surface area contributed by atoms with Crippen molar-refractivity contribution in [3.63, 3.8) is 0 Å². The van der Waals surface area contributed by atoms with Crippen molar-refractivity contribution in [2.24, 2.45) is 5.73 Å². The molecule has 1 saturated heterocycles. The number of ether oxygens (including phenoxy) is 1. The molecule has 0 bridgehead atoms. The number of nitrogens with zero attached hydrogens (tertiary/aromatic N) is 3. The van der Waals surface area contributed by atoms with Crippen LogP contribution in [-0.4, -0.2) is 39.8 Å². The summed E-state index contributed by atoms with van der Waals surface area (Å²) >= 11 is 0. The number of morpholine rings is 1. The molecule has 1 aromatic rings. The van der Waals surface area contributed by atoms with Gasteiger partial charge in [0.2, 0.25) is 5.89 Å². The third kappa shape index (κ3) is 3.24. The Hall–Kier alpha value is -0.980. The first-order valence-electron chi connectivity index (χ1n) is 5.90. The highest BCUT2D eigenvalue weighted by atomic mass is 16.5. The van der Waals surface area contributed by atoms with E-state index in [2.05, 4.69) is 35.8 Å². The molecular formula is C11H20N4O2. The topological polar surface area (TPSA) is 77.4 Å². The fraction of sp³-hybridized carbons (Fsp3) is 0.818. The molecule has 0 aliphatic carbocycles. The second-order valence-corrected chi connectivity index (χ2v) is 5.17. The highest BCUT2D eigenvalue weighted by Crippen LogP contribution is 2.21. The van der Waals surface area contributed by atoms with Crippen LogP contribution in [0.25, 0.3) is 0 Å². The van der Waals surface area contributed by atoms with E-state index in [1.807, 2.05) is 0 Å². The maximum atomic E-state index is 5.84. The number of aromatic nitrogens is 2. The normalized spacial score (nSPS) is 25.1. The molecule has 1 aliphatic rings. The van der Waals surface area contributed by atoms with Crippen LogP contribution in [0, 0.1) is 0 Å². The smallest absolute Gasteiger partial charge is 0.240 e. The summed E-state index contributed by atoms with van der Waals surface area (Å²) in [6.45, 7) is 8.99. The van der Waals surface area contributed by atoms with Crippen LogP contribution >= 0.6 is 0 Å². The van der Waals surface area contributed by atoms with Crippen molar-refractivity contribution in [2.45, 2.75) is 45.6 Å². The zero-order valence-electron chi connectivity index (χ0n) is 10.6. The standard InChI is InChI=1S/C11H20N4O2/c1-8-5-15(7-11(2,3)16-8)6-9-13-10(4-12)17-14-9/h8H,4-7,12H2,1-3H3. The summed E-state index contributed by atoms with van der Waals surface area (Å²) in [5.74, 6) is 1.18. The maximum Gasteiger partial charge on any atom is 0.240 e. The van der Waals surface area contributed by atoms with E-state index in [1.54, 1.807) is 0 Å². The molecule has 0 saturated carbocycles. The molecule has 1 unspecified atom stereocenters. The van der Waals surface area contributed by atoms with Gasteiger partial charge in [0.25, 0.3) is 0 Å². The number of nitrogens with two attached hydrogens (primary N) is 1. The second-order valence-electron chi connectivity index (χ2n) is 5.17. The Morgan fingerprint density at radius 2 is 2.29 bits per heavy atom. The minimum absolute atomic E-state index is 0.127. The van der Waals surface area contributed by atoms with E-state index < -0.39 is 0 Å². The zero-order valence-corrected chi connectivity index (χ0v) is 10.6. The Morgan fingerprint density at radius 1 is 1.53 bits per heavy atom. The van der Waals surface area contributed by atoms with Gasteiger partial charge in [0, 0.05) is 13.1 Å². The minimum atomic E-state index is -0.127. The quantitative estimate of drug-likeness (QED) is 0.830. The summed E-state index contributed by atoms with van der Waals surface area (Å²) in [4.78, 5) is 6.49. The lowest BCUT2D eigenvalue weighted by atomic mass is 10.1. The van der Waals surface area contributed by atoms with Crippen LogP contribution < -0.4 is 5.73 Å². The van der Waals surface area contributed by atoms with E-state index in [-0.39, 0.29) is 18.2 Å². The molecule has 0 radical (unpaired) electrons. The van der Waals surface area contributed by atoms with Gasteiger partial charge in [-0.1, -0.05) is 5.16 Å². The van der Waals surface area contributed by atoms with Gasteiger partial charge in [-0.2, -0.15) is 4.98 Å². The van der Waals surface area contributed by atoms with E-state index in [0.717, 1.165) is 13.1 Å². The molecule has 1 atom stereocenters. The summed E-state index contributed by atoms with van der Waals surface area (Å²) in [6.07, 6.45) is 0.222. The van der Waals surface area contributed by atoms with Crippen LogP contribution in [-0.2, 0) is 17.8 Å². The molecule has 1 aromatic heterocycles. The monoisotopic (exact) mass is 240 g/mol. The molecule has 6 heteroatoms. The Kier molecular flexibility index (Phi) is 3.46. The summed E-state index contributed by atoms with van der Waals surface area (Å²) in [5, 5.41) is 3.91. The molecule has 2 rings (SSSR count). The van der Waals surface area contributed by atoms with Crippen molar-refractivity contribution in [3.05, 3.63) is 11.7 Å². The van der Waals surface area contributed by atoms with Crippen LogP contribution in [0.15, 0.2) is 4.52 Å². The van der Waals surface area contributed by atoms with Gasteiger partial charge in [0.05, 0.1) is 24.8 Å². The van der Waals surface area contributed by atoms with E-state index in [9.17, 15) is 0 Å². The second kappa shape index (κ2) is 4.72. The molecule has 96 valence electrons. The molecule has 1 fully saturated rings. The molecule has 0 amide bonds.